The van der Waals surface area contributed by atoms with Gasteiger partial charge in [0.2, 0.25) is 6.08 Å². The summed E-state index contributed by atoms with van der Waals surface area (Å²) >= 11 is 6.13. The van der Waals surface area contributed by atoms with Crippen LogP contribution in [-0.2, 0) is 17.8 Å². The summed E-state index contributed by atoms with van der Waals surface area (Å²) in [5.74, 6) is 0.796. The van der Waals surface area contributed by atoms with E-state index < -0.39 is 0 Å². The van der Waals surface area contributed by atoms with Crippen LogP contribution in [-0.4, -0.2) is 12.7 Å². The first-order valence-corrected chi connectivity index (χ1v) is 5.59. The molecule has 1 heterocycles. The van der Waals surface area contributed by atoms with E-state index in [1.54, 1.807) is 6.08 Å². The molecule has 0 saturated heterocycles. The van der Waals surface area contributed by atoms with Crippen molar-refractivity contribution in [2.45, 2.75) is 26.3 Å². The molecule has 84 valence electrons. The van der Waals surface area contributed by atoms with Crippen LogP contribution in [0.1, 0.15) is 23.1 Å². The molecule has 0 bridgehead atoms. The molecule has 1 aromatic rings. The van der Waals surface area contributed by atoms with Crippen molar-refractivity contribution in [3.8, 4) is 5.75 Å². The minimum atomic E-state index is 0.336. The summed E-state index contributed by atoms with van der Waals surface area (Å²) < 4.78 is 5.55. The van der Waals surface area contributed by atoms with Gasteiger partial charge in [0.15, 0.2) is 0 Å². The van der Waals surface area contributed by atoms with Crippen molar-refractivity contribution in [3.05, 3.63) is 27.8 Å². The van der Waals surface area contributed by atoms with Crippen LogP contribution in [0.4, 0.5) is 0 Å². The highest BCUT2D eigenvalue weighted by molar-refractivity contribution is 6.32. The number of fused-ring (bicyclic) bond motifs is 1. The second kappa shape index (κ2) is 4.69. The lowest BCUT2D eigenvalue weighted by molar-refractivity contribution is 0.288. The van der Waals surface area contributed by atoms with Crippen LogP contribution in [0, 0.1) is 6.92 Å². The molecular formula is C12H12ClNO2. The fourth-order valence-electron chi connectivity index (χ4n) is 2.00. The maximum Gasteiger partial charge on any atom is 0.235 e. The highest BCUT2D eigenvalue weighted by Crippen LogP contribution is 2.37. The molecule has 0 radical (unpaired) electrons. The van der Waals surface area contributed by atoms with E-state index in [9.17, 15) is 4.79 Å². The Balaban J connectivity index is 2.48. The molecular weight excluding hydrogens is 226 g/mol. The van der Waals surface area contributed by atoms with E-state index in [0.717, 1.165) is 41.9 Å². The van der Waals surface area contributed by atoms with E-state index in [2.05, 4.69) is 4.99 Å². The molecule has 0 aromatic heterocycles. The molecule has 0 aliphatic carbocycles. The Labute approximate surface area is 99.1 Å². The molecule has 1 aliphatic rings. The molecule has 0 atom stereocenters. The summed E-state index contributed by atoms with van der Waals surface area (Å²) in [6, 6.07) is 1.82. The maximum atomic E-state index is 10.1. The van der Waals surface area contributed by atoms with Gasteiger partial charge in [0.25, 0.3) is 0 Å². The smallest absolute Gasteiger partial charge is 0.235 e. The molecule has 2 rings (SSSR count). The minimum absolute atomic E-state index is 0.336. The van der Waals surface area contributed by atoms with E-state index in [1.165, 1.54) is 0 Å². The summed E-state index contributed by atoms with van der Waals surface area (Å²) in [5, 5.41) is 0.608. The first kappa shape index (κ1) is 11.2. The second-order valence-electron chi connectivity index (χ2n) is 3.81. The van der Waals surface area contributed by atoms with Crippen molar-refractivity contribution >= 4 is 17.7 Å². The van der Waals surface area contributed by atoms with E-state index in [4.69, 9.17) is 16.3 Å². The second-order valence-corrected chi connectivity index (χ2v) is 4.22. The average Bonchev–Trinajstić information content (AvgIpc) is 2.32. The van der Waals surface area contributed by atoms with E-state index in [0.29, 0.717) is 11.6 Å². The molecule has 16 heavy (non-hydrogen) atoms. The topological polar surface area (TPSA) is 38.7 Å². The fourth-order valence-corrected chi connectivity index (χ4v) is 2.30. The number of hydrogen-bond acceptors (Lipinski definition) is 3. The SMILES string of the molecule is Cc1c(CN=C=O)cc(Cl)c2c1CCCO2. The van der Waals surface area contributed by atoms with Crippen LogP contribution >= 0.6 is 11.6 Å². The number of rotatable bonds is 2. The van der Waals surface area contributed by atoms with Crippen molar-refractivity contribution in [1.29, 1.82) is 0 Å². The number of aliphatic imine (C=N–C) groups is 1. The number of nitrogens with zero attached hydrogens (tertiary/aromatic N) is 1. The van der Waals surface area contributed by atoms with Gasteiger partial charge in [-0.1, -0.05) is 11.6 Å². The Bertz CT molecular complexity index is 465. The van der Waals surface area contributed by atoms with Crippen molar-refractivity contribution in [2.24, 2.45) is 4.99 Å². The number of carbonyl (C=O) groups excluding carboxylic acids is 1. The third kappa shape index (κ3) is 1.97. The lowest BCUT2D eigenvalue weighted by Gasteiger charge is -2.22. The highest BCUT2D eigenvalue weighted by Gasteiger charge is 2.18. The van der Waals surface area contributed by atoms with Gasteiger partial charge in [-0.15, -0.1) is 0 Å². The number of isocyanates is 1. The van der Waals surface area contributed by atoms with Gasteiger partial charge in [-0.25, -0.2) is 9.79 Å². The Morgan fingerprint density at radius 2 is 2.44 bits per heavy atom. The maximum absolute atomic E-state index is 10.1. The zero-order valence-corrected chi connectivity index (χ0v) is 9.80. The van der Waals surface area contributed by atoms with Gasteiger partial charge in [-0.3, -0.25) is 0 Å². The Morgan fingerprint density at radius 1 is 1.62 bits per heavy atom. The Kier molecular flexibility index (Phi) is 3.28. The largest absolute Gasteiger partial charge is 0.492 e. The first-order valence-electron chi connectivity index (χ1n) is 5.21. The average molecular weight is 238 g/mol. The number of benzene rings is 1. The summed E-state index contributed by atoms with van der Waals surface area (Å²) in [4.78, 5) is 13.7. The summed E-state index contributed by atoms with van der Waals surface area (Å²) in [5.41, 5.74) is 3.24. The summed E-state index contributed by atoms with van der Waals surface area (Å²) in [6.07, 6.45) is 3.52. The van der Waals surface area contributed by atoms with Crippen LogP contribution < -0.4 is 4.74 Å². The van der Waals surface area contributed by atoms with Crippen molar-refractivity contribution in [2.75, 3.05) is 6.61 Å². The quantitative estimate of drug-likeness (QED) is 0.586. The zero-order chi connectivity index (χ0) is 11.5. The van der Waals surface area contributed by atoms with E-state index in [-0.39, 0.29) is 0 Å². The summed E-state index contributed by atoms with van der Waals surface area (Å²) in [6.45, 7) is 3.07. The minimum Gasteiger partial charge on any atom is -0.492 e. The zero-order valence-electron chi connectivity index (χ0n) is 9.05. The molecule has 4 heteroatoms. The van der Waals surface area contributed by atoms with E-state index >= 15 is 0 Å². The van der Waals surface area contributed by atoms with Crippen LogP contribution in [0.2, 0.25) is 5.02 Å². The van der Waals surface area contributed by atoms with Gasteiger partial charge in [0, 0.05) is 0 Å². The predicted molar refractivity (Wildman–Crippen MR) is 61.8 cm³/mol. The number of ether oxygens (including phenoxy) is 1. The normalized spacial score (nSPS) is 13.6. The van der Waals surface area contributed by atoms with Gasteiger partial charge in [-0.05, 0) is 42.5 Å². The molecule has 0 saturated carbocycles. The Morgan fingerprint density at radius 3 is 3.19 bits per heavy atom. The van der Waals surface area contributed by atoms with Crippen LogP contribution in [0.25, 0.3) is 0 Å². The third-order valence-electron chi connectivity index (χ3n) is 2.86. The fraction of sp³-hybridized carbons (Fsp3) is 0.417. The van der Waals surface area contributed by atoms with Gasteiger partial charge in [0.05, 0.1) is 18.2 Å². The van der Waals surface area contributed by atoms with Gasteiger partial charge in [-0.2, -0.15) is 0 Å². The standard InChI is InChI=1S/C12H12ClNO2/c1-8-9(6-14-7-15)5-11(13)12-10(8)3-2-4-16-12/h5H,2-4,6H2,1H3. The van der Waals surface area contributed by atoms with Crippen LogP contribution in [0.15, 0.2) is 11.1 Å². The molecule has 3 nitrogen and oxygen atoms in total. The van der Waals surface area contributed by atoms with Gasteiger partial charge < -0.3 is 4.74 Å². The molecule has 0 unspecified atom stereocenters. The van der Waals surface area contributed by atoms with Crippen LogP contribution in [0.3, 0.4) is 0 Å². The number of hydrogen-bond donors (Lipinski definition) is 0. The molecule has 1 aromatic carbocycles. The van der Waals surface area contributed by atoms with Gasteiger partial charge in [0.1, 0.15) is 5.75 Å². The lowest BCUT2D eigenvalue weighted by Crippen LogP contribution is -2.11. The monoisotopic (exact) mass is 237 g/mol. The van der Waals surface area contributed by atoms with Crippen LogP contribution in [0.5, 0.6) is 5.75 Å². The molecule has 1 aliphatic heterocycles. The number of halogens is 1. The molecule has 0 spiro atoms. The predicted octanol–water partition coefficient (Wildman–Crippen LogP) is 2.81. The molecule has 0 fully saturated rings. The first-order chi connectivity index (χ1) is 7.74. The van der Waals surface area contributed by atoms with Crippen molar-refractivity contribution in [1.82, 2.24) is 0 Å². The lowest BCUT2D eigenvalue weighted by atomic mass is 9.96. The van der Waals surface area contributed by atoms with E-state index in [1.807, 2.05) is 13.0 Å². The molecule has 0 amide bonds. The van der Waals surface area contributed by atoms with Gasteiger partial charge >= 0.3 is 0 Å². The molecule has 0 N–H and O–H groups in total. The third-order valence-corrected chi connectivity index (χ3v) is 3.14. The van der Waals surface area contributed by atoms with Crippen molar-refractivity contribution in [3.63, 3.8) is 0 Å². The highest BCUT2D eigenvalue weighted by atomic mass is 35.5. The summed E-state index contributed by atoms with van der Waals surface area (Å²) in [7, 11) is 0. The Hall–Kier alpha value is -1.31. The van der Waals surface area contributed by atoms with Crippen molar-refractivity contribution < 1.29 is 9.53 Å².